The number of anilines is 1. The van der Waals surface area contributed by atoms with E-state index in [1.807, 2.05) is 31.3 Å². The number of morpholine rings is 1. The van der Waals surface area contributed by atoms with Crippen molar-refractivity contribution in [2.45, 2.75) is 13.1 Å². The Labute approximate surface area is 193 Å². The third kappa shape index (κ3) is 4.53. The molecule has 0 atom stereocenters. The Bertz CT molecular complexity index is 1060. The average molecular weight is 459 g/mol. The lowest BCUT2D eigenvalue weighted by atomic mass is 10.0. The second kappa shape index (κ2) is 9.36. The molecule has 2 saturated heterocycles. The molecule has 32 heavy (non-hydrogen) atoms. The quantitative estimate of drug-likeness (QED) is 0.697. The number of nitrogens with one attached hydrogen (secondary N) is 1. The molecule has 2 fully saturated rings. The van der Waals surface area contributed by atoms with Gasteiger partial charge in [0.1, 0.15) is 6.61 Å². The maximum atomic E-state index is 12.7. The predicted molar refractivity (Wildman–Crippen MR) is 123 cm³/mol. The summed E-state index contributed by atoms with van der Waals surface area (Å²) < 4.78 is 12.5. The molecule has 1 N–H and O–H groups in total. The van der Waals surface area contributed by atoms with Crippen molar-refractivity contribution in [3.8, 4) is 0 Å². The van der Waals surface area contributed by atoms with Crippen molar-refractivity contribution in [1.82, 2.24) is 14.4 Å². The van der Waals surface area contributed by atoms with Crippen LogP contribution in [-0.2, 0) is 34.4 Å². The Hall–Kier alpha value is -2.81. The summed E-state index contributed by atoms with van der Waals surface area (Å²) in [5.41, 5.74) is 5.48. The van der Waals surface area contributed by atoms with Crippen molar-refractivity contribution in [1.29, 1.82) is 0 Å². The number of rotatable bonds is 5. The van der Waals surface area contributed by atoms with Crippen LogP contribution in [0.3, 0.4) is 0 Å². The average Bonchev–Trinajstić information content (AvgIpc) is 3.41. The van der Waals surface area contributed by atoms with E-state index in [4.69, 9.17) is 9.47 Å². The number of aryl methyl sites for hydroxylation is 1. The minimum Gasteiger partial charge on any atom is -0.448 e. The van der Waals surface area contributed by atoms with E-state index in [-0.39, 0.29) is 24.4 Å². The first-order valence-corrected chi connectivity index (χ1v) is 10.6. The van der Waals surface area contributed by atoms with Crippen LogP contribution in [0.1, 0.15) is 22.4 Å². The van der Waals surface area contributed by atoms with E-state index in [0.29, 0.717) is 25.3 Å². The largest absolute Gasteiger partial charge is 0.448 e. The number of aromatic nitrogens is 1. The van der Waals surface area contributed by atoms with E-state index in [1.54, 1.807) is 4.90 Å². The van der Waals surface area contributed by atoms with Gasteiger partial charge in [-0.1, -0.05) is 6.07 Å². The van der Waals surface area contributed by atoms with Crippen LogP contribution >= 0.6 is 12.4 Å². The smallest absolute Gasteiger partial charge is 0.410 e. The van der Waals surface area contributed by atoms with E-state index in [2.05, 4.69) is 27.0 Å². The number of hydrogen-bond acceptors (Lipinski definition) is 5. The van der Waals surface area contributed by atoms with Gasteiger partial charge in [-0.25, -0.2) is 4.79 Å². The van der Waals surface area contributed by atoms with Crippen LogP contribution in [0.5, 0.6) is 0 Å². The maximum Gasteiger partial charge on any atom is 0.410 e. The number of carbonyl (C=O) groups is 2. The third-order valence-corrected chi connectivity index (χ3v) is 5.99. The van der Waals surface area contributed by atoms with Gasteiger partial charge in [-0.15, -0.1) is 12.4 Å². The molecule has 0 radical (unpaired) electrons. The fraction of sp³-hybridized carbons (Fsp3) is 0.391. The lowest BCUT2D eigenvalue weighted by Crippen LogP contribution is -2.35. The van der Waals surface area contributed by atoms with Crippen LogP contribution in [0.25, 0.3) is 11.6 Å². The molecule has 4 heterocycles. The van der Waals surface area contributed by atoms with Crippen molar-refractivity contribution < 1.29 is 19.1 Å². The molecular formula is C23H27ClN4O4. The van der Waals surface area contributed by atoms with Gasteiger partial charge in [0, 0.05) is 56.4 Å². The fourth-order valence-corrected chi connectivity index (χ4v) is 4.31. The molecule has 5 rings (SSSR count). The molecule has 0 spiro atoms. The first-order chi connectivity index (χ1) is 15.1. The van der Waals surface area contributed by atoms with Crippen LogP contribution in [0.4, 0.5) is 10.5 Å². The molecule has 0 aliphatic carbocycles. The minimum atomic E-state index is -0.290. The molecule has 2 aromatic rings. The van der Waals surface area contributed by atoms with E-state index >= 15 is 0 Å². The van der Waals surface area contributed by atoms with Crippen LogP contribution in [-0.4, -0.2) is 65.8 Å². The topological polar surface area (TPSA) is 76.0 Å². The van der Waals surface area contributed by atoms with Crippen molar-refractivity contribution >= 4 is 41.7 Å². The summed E-state index contributed by atoms with van der Waals surface area (Å²) in [5, 5.41) is 2.95. The summed E-state index contributed by atoms with van der Waals surface area (Å²) in [5.74, 6) is -0.108. The predicted octanol–water partition coefficient (Wildman–Crippen LogP) is 2.72. The van der Waals surface area contributed by atoms with Gasteiger partial charge in [0.05, 0.1) is 25.3 Å². The normalized spacial score (nSPS) is 19.7. The van der Waals surface area contributed by atoms with Crippen LogP contribution < -0.4 is 5.32 Å². The van der Waals surface area contributed by atoms with Crippen molar-refractivity contribution in [2.24, 2.45) is 7.05 Å². The summed E-state index contributed by atoms with van der Waals surface area (Å²) in [7, 11) is 2.00. The fourth-order valence-electron chi connectivity index (χ4n) is 4.31. The zero-order chi connectivity index (χ0) is 21.4. The molecule has 9 heteroatoms. The van der Waals surface area contributed by atoms with Gasteiger partial charge in [0.25, 0.3) is 5.91 Å². The first-order valence-electron chi connectivity index (χ1n) is 10.6. The summed E-state index contributed by atoms with van der Waals surface area (Å²) >= 11 is 0. The van der Waals surface area contributed by atoms with Crippen molar-refractivity contribution in [2.75, 3.05) is 44.8 Å². The van der Waals surface area contributed by atoms with Crippen LogP contribution in [0.15, 0.2) is 30.5 Å². The molecule has 0 unspecified atom stereocenters. The Morgan fingerprint density at radius 2 is 1.84 bits per heavy atom. The number of amides is 2. The van der Waals surface area contributed by atoms with Gasteiger partial charge in [0.15, 0.2) is 0 Å². The zero-order valence-corrected chi connectivity index (χ0v) is 18.8. The molecule has 8 nitrogen and oxygen atoms in total. The Morgan fingerprint density at radius 1 is 1.03 bits per heavy atom. The lowest BCUT2D eigenvalue weighted by Gasteiger charge is -2.26. The maximum absolute atomic E-state index is 12.7. The summed E-state index contributed by atoms with van der Waals surface area (Å²) in [6.07, 6.45) is 3.77. The summed E-state index contributed by atoms with van der Waals surface area (Å²) in [4.78, 5) is 28.5. The van der Waals surface area contributed by atoms with Crippen molar-refractivity contribution in [3.05, 3.63) is 52.8 Å². The number of nitrogens with zero attached hydrogens (tertiary/aromatic N) is 3. The second-order valence-electron chi connectivity index (χ2n) is 8.20. The Kier molecular flexibility index (Phi) is 6.55. The number of benzene rings is 1. The van der Waals surface area contributed by atoms with Crippen LogP contribution in [0.2, 0.25) is 0 Å². The van der Waals surface area contributed by atoms with Gasteiger partial charge < -0.3 is 24.3 Å². The number of carbonyl (C=O) groups excluding carboxylic acids is 2. The Morgan fingerprint density at radius 3 is 2.59 bits per heavy atom. The van der Waals surface area contributed by atoms with E-state index in [9.17, 15) is 9.59 Å². The highest BCUT2D eigenvalue weighted by molar-refractivity contribution is 6.34. The minimum absolute atomic E-state index is 0. The number of fused-ring (bicyclic) bond motifs is 1. The van der Waals surface area contributed by atoms with Gasteiger partial charge in [0.2, 0.25) is 0 Å². The molecule has 3 aliphatic heterocycles. The molecule has 3 aliphatic rings. The second-order valence-corrected chi connectivity index (χ2v) is 8.20. The highest BCUT2D eigenvalue weighted by Gasteiger charge is 2.27. The molecular weight excluding hydrogens is 432 g/mol. The monoisotopic (exact) mass is 458 g/mol. The molecule has 170 valence electrons. The number of ether oxygens (including phenoxy) is 2. The van der Waals surface area contributed by atoms with E-state index < -0.39 is 0 Å². The molecule has 0 bridgehead atoms. The molecule has 0 saturated carbocycles. The SMILES string of the molecule is Cl.Cn1cc(CN2CCOCC2)cc1/C=C1\C(=O)Nc2ccc(CN3CCOC3=O)cc21. The molecule has 1 aromatic heterocycles. The molecule has 1 aromatic carbocycles. The first kappa shape index (κ1) is 22.4. The van der Waals surface area contributed by atoms with Gasteiger partial charge in [-0.05, 0) is 35.4 Å². The van der Waals surface area contributed by atoms with Gasteiger partial charge >= 0.3 is 6.09 Å². The van der Waals surface area contributed by atoms with Gasteiger partial charge in [-0.3, -0.25) is 9.69 Å². The summed E-state index contributed by atoms with van der Waals surface area (Å²) in [6.45, 7) is 5.79. The standard InChI is InChI=1S/C23H26N4O4.ClH/c1-25-13-17(14-26-4-7-30-8-5-26)10-18(25)12-20-19-11-16(2-3-21(19)24-22(20)28)15-27-6-9-31-23(27)29;/h2-3,10-13H,4-9,14-15H2,1H3,(H,24,28);1H/b20-12-;. The lowest BCUT2D eigenvalue weighted by molar-refractivity contribution is -0.110. The Balaban J connectivity index is 0.00000245. The zero-order valence-electron chi connectivity index (χ0n) is 18.0. The van der Waals surface area contributed by atoms with Crippen LogP contribution in [0, 0.1) is 0 Å². The van der Waals surface area contributed by atoms with Gasteiger partial charge in [-0.2, -0.15) is 0 Å². The van der Waals surface area contributed by atoms with Crippen molar-refractivity contribution in [3.63, 3.8) is 0 Å². The third-order valence-electron chi connectivity index (χ3n) is 5.99. The number of cyclic esters (lactones) is 1. The highest BCUT2D eigenvalue weighted by Crippen LogP contribution is 2.34. The molecule has 2 amide bonds. The summed E-state index contributed by atoms with van der Waals surface area (Å²) in [6, 6.07) is 7.97. The number of hydrogen-bond donors (Lipinski definition) is 1. The van der Waals surface area contributed by atoms with E-state index in [0.717, 1.165) is 55.4 Å². The van der Waals surface area contributed by atoms with E-state index in [1.165, 1.54) is 5.56 Å². The highest BCUT2D eigenvalue weighted by atomic mass is 35.5. The number of halogens is 1.